The summed E-state index contributed by atoms with van der Waals surface area (Å²) in [4.78, 5) is 14.1. The largest absolute Gasteiger partial charge is 0.394 e. The average Bonchev–Trinajstić information content (AvgIpc) is 3.09. The summed E-state index contributed by atoms with van der Waals surface area (Å²) in [5, 5.41) is 13.4. The molecule has 0 atom stereocenters. The SMILES string of the molecule is O=C(C#Cc1ccccc1)N1CCC(c2ccnn2CCO)CC1. The van der Waals surface area contributed by atoms with E-state index in [0.29, 0.717) is 25.6 Å². The van der Waals surface area contributed by atoms with E-state index in [0.717, 1.165) is 24.1 Å². The smallest absolute Gasteiger partial charge is 0.298 e. The van der Waals surface area contributed by atoms with Crippen molar-refractivity contribution in [1.82, 2.24) is 14.7 Å². The number of piperidine rings is 1. The number of carbonyl (C=O) groups is 1. The minimum absolute atomic E-state index is 0.0844. The Morgan fingerprint density at radius 3 is 2.67 bits per heavy atom. The Balaban J connectivity index is 1.58. The van der Waals surface area contributed by atoms with Gasteiger partial charge in [-0.05, 0) is 31.0 Å². The molecular weight excluding hydrogens is 302 g/mol. The predicted octanol–water partition coefficient (Wildman–Crippen LogP) is 1.63. The van der Waals surface area contributed by atoms with Gasteiger partial charge in [-0.2, -0.15) is 5.10 Å². The van der Waals surface area contributed by atoms with E-state index >= 15 is 0 Å². The van der Waals surface area contributed by atoms with E-state index in [-0.39, 0.29) is 12.5 Å². The Labute approximate surface area is 141 Å². The van der Waals surface area contributed by atoms with Crippen LogP contribution >= 0.6 is 0 Å². The lowest BCUT2D eigenvalue weighted by molar-refractivity contribution is -0.126. The van der Waals surface area contributed by atoms with Crippen molar-refractivity contribution in [3.05, 3.63) is 53.9 Å². The fraction of sp³-hybridized carbons (Fsp3) is 0.368. The highest BCUT2D eigenvalue weighted by molar-refractivity contribution is 5.94. The van der Waals surface area contributed by atoms with E-state index in [1.54, 1.807) is 6.20 Å². The molecule has 0 saturated carbocycles. The van der Waals surface area contributed by atoms with Gasteiger partial charge in [-0.25, -0.2) is 0 Å². The van der Waals surface area contributed by atoms with Crippen LogP contribution in [0, 0.1) is 11.8 Å². The molecule has 1 aromatic heterocycles. The zero-order chi connectivity index (χ0) is 16.8. The number of nitrogens with zero attached hydrogens (tertiary/aromatic N) is 3. The molecular formula is C19H21N3O2. The molecule has 1 fully saturated rings. The average molecular weight is 323 g/mol. The third-order valence-corrected chi connectivity index (χ3v) is 4.35. The Morgan fingerprint density at radius 1 is 1.21 bits per heavy atom. The first kappa shape index (κ1) is 16.3. The van der Waals surface area contributed by atoms with Crippen LogP contribution in [0.1, 0.15) is 30.0 Å². The van der Waals surface area contributed by atoms with Crippen LogP contribution in [0.15, 0.2) is 42.6 Å². The molecule has 2 aromatic rings. The standard InChI is InChI=1S/C19H21N3O2/c23-15-14-22-18(8-11-20-22)17-9-12-21(13-10-17)19(24)7-6-16-4-2-1-3-5-16/h1-5,8,11,17,23H,9-10,12-15H2. The van der Waals surface area contributed by atoms with E-state index in [1.807, 2.05) is 46.0 Å². The Kier molecular flexibility index (Phi) is 5.29. The van der Waals surface area contributed by atoms with Gasteiger partial charge >= 0.3 is 0 Å². The van der Waals surface area contributed by atoms with Gasteiger partial charge in [-0.1, -0.05) is 24.1 Å². The Hall–Kier alpha value is -2.58. The summed E-state index contributed by atoms with van der Waals surface area (Å²) < 4.78 is 1.86. The van der Waals surface area contributed by atoms with Crippen molar-refractivity contribution in [3.63, 3.8) is 0 Å². The molecule has 0 radical (unpaired) electrons. The molecule has 0 unspecified atom stereocenters. The van der Waals surface area contributed by atoms with Crippen LogP contribution < -0.4 is 0 Å². The maximum Gasteiger partial charge on any atom is 0.298 e. The molecule has 5 nitrogen and oxygen atoms in total. The van der Waals surface area contributed by atoms with Crippen LogP contribution in [-0.4, -0.2) is 45.4 Å². The van der Waals surface area contributed by atoms with Crippen molar-refractivity contribution in [2.24, 2.45) is 0 Å². The predicted molar refractivity (Wildman–Crippen MR) is 91.2 cm³/mol. The third kappa shape index (κ3) is 3.84. The van der Waals surface area contributed by atoms with Crippen molar-refractivity contribution in [2.75, 3.05) is 19.7 Å². The number of rotatable bonds is 3. The van der Waals surface area contributed by atoms with Gasteiger partial charge in [0, 0.05) is 42.4 Å². The highest BCUT2D eigenvalue weighted by Gasteiger charge is 2.25. The maximum absolute atomic E-state index is 12.2. The zero-order valence-electron chi connectivity index (χ0n) is 13.6. The molecule has 124 valence electrons. The zero-order valence-corrected chi connectivity index (χ0v) is 13.6. The third-order valence-electron chi connectivity index (χ3n) is 4.35. The quantitative estimate of drug-likeness (QED) is 0.874. The van der Waals surface area contributed by atoms with Crippen molar-refractivity contribution < 1.29 is 9.90 Å². The summed E-state index contributed by atoms with van der Waals surface area (Å²) in [5.74, 6) is 5.93. The fourth-order valence-corrected chi connectivity index (χ4v) is 3.08. The molecule has 1 aliphatic rings. The molecule has 1 amide bonds. The van der Waals surface area contributed by atoms with E-state index in [2.05, 4.69) is 16.9 Å². The van der Waals surface area contributed by atoms with Crippen LogP contribution in [0.3, 0.4) is 0 Å². The van der Waals surface area contributed by atoms with Crippen molar-refractivity contribution >= 4 is 5.91 Å². The molecule has 0 aliphatic carbocycles. The van der Waals surface area contributed by atoms with Crippen molar-refractivity contribution in [2.45, 2.75) is 25.3 Å². The van der Waals surface area contributed by atoms with Gasteiger partial charge in [0.2, 0.25) is 0 Å². The monoisotopic (exact) mass is 323 g/mol. The van der Waals surface area contributed by atoms with Gasteiger partial charge in [0.15, 0.2) is 0 Å². The van der Waals surface area contributed by atoms with Gasteiger partial charge in [-0.15, -0.1) is 0 Å². The lowest BCUT2D eigenvalue weighted by Gasteiger charge is -2.31. The topological polar surface area (TPSA) is 58.4 Å². The van der Waals surface area contributed by atoms with Crippen LogP contribution in [0.4, 0.5) is 0 Å². The summed E-state index contributed by atoms with van der Waals surface area (Å²) in [5.41, 5.74) is 2.00. The first-order chi connectivity index (χ1) is 11.8. The van der Waals surface area contributed by atoms with E-state index in [4.69, 9.17) is 5.11 Å². The molecule has 1 aliphatic heterocycles. The van der Waals surface area contributed by atoms with Gasteiger partial charge in [0.05, 0.1) is 13.2 Å². The second-order valence-electron chi connectivity index (χ2n) is 5.89. The number of benzene rings is 1. The van der Waals surface area contributed by atoms with Gasteiger partial charge in [-0.3, -0.25) is 9.48 Å². The van der Waals surface area contributed by atoms with Gasteiger partial charge < -0.3 is 10.0 Å². The number of aliphatic hydroxyl groups excluding tert-OH is 1. The lowest BCUT2D eigenvalue weighted by Crippen LogP contribution is -2.37. The first-order valence-corrected chi connectivity index (χ1v) is 8.26. The fourth-order valence-electron chi connectivity index (χ4n) is 3.08. The molecule has 24 heavy (non-hydrogen) atoms. The summed E-state index contributed by atoms with van der Waals surface area (Å²) in [6, 6.07) is 11.6. The van der Waals surface area contributed by atoms with Crippen molar-refractivity contribution in [1.29, 1.82) is 0 Å². The molecule has 3 rings (SSSR count). The number of hydrogen-bond donors (Lipinski definition) is 1. The van der Waals surface area contributed by atoms with E-state index < -0.39 is 0 Å². The lowest BCUT2D eigenvalue weighted by atomic mass is 9.93. The Morgan fingerprint density at radius 2 is 1.96 bits per heavy atom. The number of likely N-dealkylation sites (tertiary alicyclic amines) is 1. The molecule has 5 heteroatoms. The number of carbonyl (C=O) groups excluding carboxylic acids is 1. The van der Waals surface area contributed by atoms with Crippen molar-refractivity contribution in [3.8, 4) is 11.8 Å². The maximum atomic E-state index is 12.2. The summed E-state index contributed by atoms with van der Waals surface area (Å²) in [6.45, 7) is 2.01. The highest BCUT2D eigenvalue weighted by Crippen LogP contribution is 2.27. The van der Waals surface area contributed by atoms with E-state index in [1.165, 1.54) is 0 Å². The molecule has 0 bridgehead atoms. The number of hydrogen-bond acceptors (Lipinski definition) is 3. The number of aromatic nitrogens is 2. The second kappa shape index (κ2) is 7.80. The minimum Gasteiger partial charge on any atom is -0.394 e. The van der Waals surface area contributed by atoms with Crippen LogP contribution in [0.2, 0.25) is 0 Å². The molecule has 1 saturated heterocycles. The van der Waals surface area contributed by atoms with Gasteiger partial charge in [0.1, 0.15) is 0 Å². The highest BCUT2D eigenvalue weighted by atomic mass is 16.3. The molecule has 1 aromatic carbocycles. The first-order valence-electron chi connectivity index (χ1n) is 8.26. The van der Waals surface area contributed by atoms with Crippen LogP contribution in [-0.2, 0) is 11.3 Å². The molecule has 1 N–H and O–H groups in total. The normalized spacial score (nSPS) is 15.0. The molecule has 0 spiro atoms. The van der Waals surface area contributed by atoms with Gasteiger partial charge in [0.25, 0.3) is 5.91 Å². The second-order valence-corrected chi connectivity index (χ2v) is 5.89. The Bertz CT molecular complexity index is 735. The minimum atomic E-state index is -0.110. The number of amides is 1. The molecule has 2 heterocycles. The van der Waals surface area contributed by atoms with E-state index in [9.17, 15) is 4.79 Å². The van der Waals surface area contributed by atoms with Crippen LogP contribution in [0.5, 0.6) is 0 Å². The summed E-state index contributed by atoms with van der Waals surface area (Å²) in [6.07, 6.45) is 3.57. The number of aliphatic hydroxyl groups is 1. The van der Waals surface area contributed by atoms with Crippen LogP contribution in [0.25, 0.3) is 0 Å². The summed E-state index contributed by atoms with van der Waals surface area (Å²) in [7, 11) is 0. The summed E-state index contributed by atoms with van der Waals surface area (Å²) >= 11 is 0.